The molecule has 92 valence electrons. The number of hydrogen-bond acceptors (Lipinski definition) is 6. The topological polar surface area (TPSA) is 109 Å². The number of fused-ring (bicyclic) bond motifs is 1. The Morgan fingerprint density at radius 2 is 2.22 bits per heavy atom. The van der Waals surface area contributed by atoms with E-state index in [0.29, 0.717) is 23.7 Å². The molecule has 2 N–H and O–H groups in total. The summed E-state index contributed by atoms with van der Waals surface area (Å²) in [7, 11) is 0. The lowest BCUT2D eigenvalue weighted by molar-refractivity contribution is 0.720. The van der Waals surface area contributed by atoms with Gasteiger partial charge >= 0.3 is 5.69 Å². The monoisotopic (exact) mass is 264 g/mol. The van der Waals surface area contributed by atoms with Crippen molar-refractivity contribution in [2.24, 2.45) is 0 Å². The summed E-state index contributed by atoms with van der Waals surface area (Å²) in [6, 6.07) is 0. The molecule has 3 aromatic rings. The Morgan fingerprint density at radius 3 is 2.89 bits per heavy atom. The maximum absolute atomic E-state index is 11.7. The van der Waals surface area contributed by atoms with Crippen LogP contribution in [-0.4, -0.2) is 29.1 Å². The Bertz CT molecular complexity index is 812. The van der Waals surface area contributed by atoms with E-state index < -0.39 is 11.2 Å². The van der Waals surface area contributed by atoms with E-state index in [0.717, 1.165) is 0 Å². The molecule has 0 unspecified atom stereocenters. The average Bonchev–Trinajstić information content (AvgIpc) is 2.97. The van der Waals surface area contributed by atoms with Gasteiger partial charge in [-0.25, -0.2) is 9.78 Å². The van der Waals surface area contributed by atoms with E-state index >= 15 is 0 Å². The van der Waals surface area contributed by atoms with Crippen LogP contribution in [0.4, 0.5) is 0 Å². The van der Waals surface area contributed by atoms with Crippen LogP contribution in [0.15, 0.2) is 15.0 Å². The first-order valence-corrected chi connectivity index (χ1v) is 6.04. The van der Waals surface area contributed by atoms with Crippen LogP contribution in [0.5, 0.6) is 0 Å². The minimum absolute atomic E-state index is 0.263. The molecular formula is C9H8N6O2S. The predicted octanol–water partition coefficient (Wildman–Crippen LogP) is -0.0487. The Hall–Kier alpha value is -2.29. The number of aromatic nitrogens is 6. The third-order valence-electron chi connectivity index (χ3n) is 2.55. The third kappa shape index (κ3) is 1.48. The molecule has 0 bridgehead atoms. The lowest BCUT2D eigenvalue weighted by Gasteiger charge is -1.99. The van der Waals surface area contributed by atoms with Crippen molar-refractivity contribution in [3.63, 3.8) is 0 Å². The fraction of sp³-hybridized carbons (Fsp3) is 0.222. The second-order valence-corrected chi connectivity index (χ2v) is 4.19. The van der Waals surface area contributed by atoms with Gasteiger partial charge in [0.25, 0.3) is 5.56 Å². The molecule has 3 aromatic heterocycles. The van der Waals surface area contributed by atoms with E-state index in [9.17, 15) is 9.59 Å². The molecule has 0 fully saturated rings. The fourth-order valence-electron chi connectivity index (χ4n) is 1.72. The largest absolute Gasteiger partial charge is 0.331 e. The van der Waals surface area contributed by atoms with E-state index in [2.05, 4.69) is 24.5 Å². The maximum atomic E-state index is 11.7. The molecule has 3 heterocycles. The van der Waals surface area contributed by atoms with Crippen molar-refractivity contribution in [1.29, 1.82) is 0 Å². The number of rotatable bonds is 2. The minimum Gasteiger partial charge on any atom is -0.331 e. The number of H-pyrrole nitrogens is 2. The number of imidazole rings is 1. The van der Waals surface area contributed by atoms with Gasteiger partial charge in [0.2, 0.25) is 0 Å². The van der Waals surface area contributed by atoms with E-state index in [-0.39, 0.29) is 5.52 Å². The molecule has 0 radical (unpaired) electrons. The van der Waals surface area contributed by atoms with Gasteiger partial charge in [0.05, 0.1) is 0 Å². The van der Waals surface area contributed by atoms with Gasteiger partial charge in [0, 0.05) is 11.9 Å². The molecule has 0 saturated heterocycles. The Morgan fingerprint density at radius 1 is 1.39 bits per heavy atom. The molecule has 0 aromatic carbocycles. The first kappa shape index (κ1) is 10.8. The van der Waals surface area contributed by atoms with Crippen molar-refractivity contribution in [3.8, 4) is 11.5 Å². The highest BCUT2D eigenvalue weighted by molar-refractivity contribution is 7.03. The van der Waals surface area contributed by atoms with Gasteiger partial charge in [-0.05, 0) is 18.5 Å². The Balaban J connectivity index is 2.39. The highest BCUT2D eigenvalue weighted by Gasteiger charge is 2.14. The molecule has 0 saturated carbocycles. The van der Waals surface area contributed by atoms with Crippen molar-refractivity contribution in [2.45, 2.75) is 13.5 Å². The number of aryl methyl sites for hydroxylation is 1. The zero-order chi connectivity index (χ0) is 12.7. The molecule has 9 heteroatoms. The second kappa shape index (κ2) is 3.88. The number of nitrogens with one attached hydrogen (secondary N) is 2. The van der Waals surface area contributed by atoms with Gasteiger partial charge < -0.3 is 4.98 Å². The molecule has 0 aliphatic heterocycles. The fourth-order valence-corrected chi connectivity index (χ4v) is 2.16. The van der Waals surface area contributed by atoms with Crippen molar-refractivity contribution in [3.05, 3.63) is 26.2 Å². The molecule has 0 aliphatic rings. The number of aromatic amines is 2. The van der Waals surface area contributed by atoms with Crippen LogP contribution >= 0.6 is 11.5 Å². The summed E-state index contributed by atoms with van der Waals surface area (Å²) < 4.78 is 5.11. The van der Waals surface area contributed by atoms with E-state index in [4.69, 9.17) is 0 Å². The van der Waals surface area contributed by atoms with Gasteiger partial charge in [0.1, 0.15) is 11.2 Å². The maximum Gasteiger partial charge on any atom is 0.330 e. The highest BCUT2D eigenvalue weighted by Crippen LogP contribution is 2.16. The highest BCUT2D eigenvalue weighted by atomic mass is 32.1. The standard InChI is InChI=1S/C9H8N6O2S/c1-2-15-7-5(8(16)12-9(15)17)10-6(11-7)4-3-18-14-13-4/h3H,2H2,1H3,(H,10,11)(H,12,16,17). The summed E-state index contributed by atoms with van der Waals surface area (Å²) in [4.78, 5) is 32.6. The van der Waals surface area contributed by atoms with Crippen LogP contribution < -0.4 is 11.2 Å². The summed E-state index contributed by atoms with van der Waals surface area (Å²) in [5.74, 6) is 0.428. The normalized spacial score (nSPS) is 11.2. The Kier molecular flexibility index (Phi) is 2.33. The molecule has 0 aliphatic carbocycles. The quantitative estimate of drug-likeness (QED) is 0.674. The summed E-state index contributed by atoms with van der Waals surface area (Å²) in [6.45, 7) is 2.23. The van der Waals surface area contributed by atoms with Crippen LogP contribution in [0.1, 0.15) is 6.92 Å². The molecule has 8 nitrogen and oxygen atoms in total. The predicted molar refractivity (Wildman–Crippen MR) is 65.6 cm³/mol. The smallest absolute Gasteiger partial charge is 0.330 e. The van der Waals surface area contributed by atoms with Crippen molar-refractivity contribution in [2.75, 3.05) is 0 Å². The van der Waals surface area contributed by atoms with E-state index in [1.54, 1.807) is 12.3 Å². The van der Waals surface area contributed by atoms with Gasteiger partial charge in [0.15, 0.2) is 11.5 Å². The van der Waals surface area contributed by atoms with Gasteiger partial charge in [-0.1, -0.05) is 4.49 Å². The lowest BCUT2D eigenvalue weighted by atomic mass is 10.5. The molecule has 0 atom stereocenters. The third-order valence-corrected chi connectivity index (χ3v) is 3.06. The molecule has 0 spiro atoms. The number of nitrogens with zero attached hydrogens (tertiary/aromatic N) is 4. The van der Waals surface area contributed by atoms with Crippen LogP contribution in [-0.2, 0) is 6.54 Å². The van der Waals surface area contributed by atoms with Crippen molar-refractivity contribution < 1.29 is 0 Å². The summed E-state index contributed by atoms with van der Waals surface area (Å²) in [5.41, 5.74) is 0.186. The van der Waals surface area contributed by atoms with Gasteiger partial charge in [-0.15, -0.1) is 5.10 Å². The zero-order valence-electron chi connectivity index (χ0n) is 9.30. The first-order chi connectivity index (χ1) is 8.70. The van der Waals surface area contributed by atoms with Crippen LogP contribution in [0.3, 0.4) is 0 Å². The number of hydrogen-bond donors (Lipinski definition) is 2. The van der Waals surface area contributed by atoms with E-state index in [1.165, 1.54) is 16.1 Å². The van der Waals surface area contributed by atoms with Crippen molar-refractivity contribution >= 4 is 22.7 Å². The van der Waals surface area contributed by atoms with E-state index in [1.807, 2.05) is 0 Å². The van der Waals surface area contributed by atoms with Gasteiger partial charge in [-0.2, -0.15) is 0 Å². The summed E-state index contributed by atoms with van der Waals surface area (Å²) in [6.07, 6.45) is 0. The lowest BCUT2D eigenvalue weighted by Crippen LogP contribution is -2.29. The SMILES string of the molecule is CCn1c(=O)[nH]c(=O)c2[nH]c(-c3csnn3)nc21. The molecular weight excluding hydrogens is 256 g/mol. The van der Waals surface area contributed by atoms with Gasteiger partial charge in [-0.3, -0.25) is 14.3 Å². The Labute approximate surface area is 103 Å². The first-order valence-electron chi connectivity index (χ1n) is 5.21. The molecule has 18 heavy (non-hydrogen) atoms. The summed E-state index contributed by atoms with van der Waals surface area (Å²) >= 11 is 1.19. The second-order valence-electron chi connectivity index (χ2n) is 3.58. The van der Waals surface area contributed by atoms with Crippen LogP contribution in [0.2, 0.25) is 0 Å². The molecule has 3 rings (SSSR count). The molecule has 0 amide bonds. The minimum atomic E-state index is -0.485. The van der Waals surface area contributed by atoms with Crippen LogP contribution in [0.25, 0.3) is 22.7 Å². The van der Waals surface area contributed by atoms with Crippen LogP contribution in [0, 0.1) is 0 Å². The zero-order valence-corrected chi connectivity index (χ0v) is 10.1. The summed E-state index contributed by atoms with van der Waals surface area (Å²) in [5, 5.41) is 5.57. The van der Waals surface area contributed by atoms with Crippen molar-refractivity contribution in [1.82, 2.24) is 29.1 Å². The average molecular weight is 264 g/mol.